The fourth-order valence-electron chi connectivity index (χ4n) is 3.36. The zero-order valence-corrected chi connectivity index (χ0v) is 17.0. The molecule has 1 atom stereocenters. The topological polar surface area (TPSA) is 70.1 Å². The van der Waals surface area contributed by atoms with Crippen LogP contribution in [0.25, 0.3) is 0 Å². The smallest absolute Gasteiger partial charge is 0.416 e. The van der Waals surface area contributed by atoms with Gasteiger partial charge in [0.15, 0.2) is 0 Å². The second kappa shape index (κ2) is 8.61. The minimum atomic E-state index is -4.63. The van der Waals surface area contributed by atoms with Gasteiger partial charge in [-0.15, -0.1) is 0 Å². The molecule has 0 radical (unpaired) electrons. The predicted octanol–water partition coefficient (Wildman–Crippen LogP) is 4.09. The standard InChI is InChI=1S/C20H27F3N2O4/c1-19(2,3)29-18(28)24(4)10-13-7-8-25(11-13)12-15-6-5-14(17(26)27)9-16(15)20(21,22)23/h5-6,9,13H,7-8,10-12H2,1-4H3,(H,26,27). The van der Waals surface area contributed by atoms with E-state index < -0.39 is 29.4 Å². The number of amides is 1. The van der Waals surface area contributed by atoms with E-state index in [-0.39, 0.29) is 23.6 Å². The summed E-state index contributed by atoms with van der Waals surface area (Å²) in [7, 11) is 1.64. The van der Waals surface area contributed by atoms with Gasteiger partial charge in [-0.2, -0.15) is 13.2 Å². The van der Waals surface area contributed by atoms with E-state index in [1.165, 1.54) is 17.0 Å². The van der Waals surface area contributed by atoms with Crippen molar-refractivity contribution in [1.29, 1.82) is 0 Å². The molecule has 1 heterocycles. The third-order valence-corrected chi connectivity index (χ3v) is 4.66. The van der Waals surface area contributed by atoms with Crippen molar-refractivity contribution in [1.82, 2.24) is 9.80 Å². The Balaban J connectivity index is 2.01. The number of nitrogens with zero attached hydrogens (tertiary/aromatic N) is 2. The van der Waals surface area contributed by atoms with Crippen LogP contribution in [0.3, 0.4) is 0 Å². The summed E-state index contributed by atoms with van der Waals surface area (Å²) in [5, 5.41) is 8.96. The number of halogens is 3. The number of carbonyl (C=O) groups is 2. The molecule has 0 bridgehead atoms. The van der Waals surface area contributed by atoms with Crippen molar-refractivity contribution < 1.29 is 32.6 Å². The average Bonchev–Trinajstić information content (AvgIpc) is 2.99. The van der Waals surface area contributed by atoms with Gasteiger partial charge in [-0.05, 0) is 57.4 Å². The first-order valence-electron chi connectivity index (χ1n) is 9.36. The molecule has 1 aliphatic heterocycles. The molecule has 1 aliphatic rings. The Hall–Kier alpha value is -2.29. The minimum Gasteiger partial charge on any atom is -0.478 e. The maximum Gasteiger partial charge on any atom is 0.416 e. The number of benzene rings is 1. The second-order valence-electron chi connectivity index (χ2n) is 8.43. The van der Waals surface area contributed by atoms with Gasteiger partial charge in [0.25, 0.3) is 0 Å². The maximum absolute atomic E-state index is 13.4. The number of carbonyl (C=O) groups excluding carboxylic acids is 1. The first-order valence-corrected chi connectivity index (χ1v) is 9.36. The van der Waals surface area contributed by atoms with E-state index in [0.29, 0.717) is 25.7 Å². The van der Waals surface area contributed by atoms with Gasteiger partial charge in [0.2, 0.25) is 0 Å². The fraction of sp³-hybridized carbons (Fsp3) is 0.600. The van der Waals surface area contributed by atoms with Crippen LogP contribution >= 0.6 is 0 Å². The highest BCUT2D eigenvalue weighted by Gasteiger charge is 2.35. The Bertz CT molecular complexity index is 759. The van der Waals surface area contributed by atoms with E-state index in [0.717, 1.165) is 6.42 Å². The Morgan fingerprint density at radius 3 is 2.48 bits per heavy atom. The van der Waals surface area contributed by atoms with Crippen molar-refractivity contribution in [2.45, 2.75) is 45.5 Å². The number of hydrogen-bond acceptors (Lipinski definition) is 4. The highest BCUT2D eigenvalue weighted by molar-refractivity contribution is 5.88. The number of rotatable bonds is 5. The van der Waals surface area contributed by atoms with Crippen molar-refractivity contribution in [3.8, 4) is 0 Å². The van der Waals surface area contributed by atoms with Crippen molar-refractivity contribution in [2.75, 3.05) is 26.7 Å². The fourth-order valence-corrected chi connectivity index (χ4v) is 3.36. The molecule has 1 N–H and O–H groups in total. The normalized spacial score (nSPS) is 18.0. The van der Waals surface area contributed by atoms with E-state index in [1.807, 2.05) is 4.90 Å². The van der Waals surface area contributed by atoms with Crippen LogP contribution < -0.4 is 0 Å². The molecule has 29 heavy (non-hydrogen) atoms. The average molecular weight is 416 g/mol. The van der Waals surface area contributed by atoms with Crippen LogP contribution in [0.1, 0.15) is 48.7 Å². The van der Waals surface area contributed by atoms with E-state index in [4.69, 9.17) is 9.84 Å². The van der Waals surface area contributed by atoms with Gasteiger partial charge in [-0.25, -0.2) is 9.59 Å². The summed E-state index contributed by atoms with van der Waals surface area (Å²) >= 11 is 0. The predicted molar refractivity (Wildman–Crippen MR) is 101 cm³/mol. The highest BCUT2D eigenvalue weighted by Crippen LogP contribution is 2.34. The lowest BCUT2D eigenvalue weighted by Crippen LogP contribution is -2.37. The summed E-state index contributed by atoms with van der Waals surface area (Å²) in [4.78, 5) is 26.5. The molecule has 1 aromatic carbocycles. The van der Waals surface area contributed by atoms with E-state index >= 15 is 0 Å². The summed E-state index contributed by atoms with van der Waals surface area (Å²) in [6, 6.07) is 3.10. The molecule has 0 aromatic heterocycles. The van der Waals surface area contributed by atoms with E-state index in [2.05, 4.69) is 0 Å². The summed E-state index contributed by atoms with van der Waals surface area (Å²) < 4.78 is 45.4. The quantitative estimate of drug-likeness (QED) is 0.783. The van der Waals surface area contributed by atoms with Crippen molar-refractivity contribution >= 4 is 12.1 Å². The Kier molecular flexibility index (Phi) is 6.82. The van der Waals surface area contributed by atoms with E-state index in [1.54, 1.807) is 27.8 Å². The first kappa shape index (κ1) is 23.0. The van der Waals surface area contributed by atoms with Crippen LogP contribution in [0.5, 0.6) is 0 Å². The van der Waals surface area contributed by atoms with Gasteiger partial charge < -0.3 is 14.7 Å². The molecule has 0 spiro atoms. The zero-order valence-electron chi connectivity index (χ0n) is 17.0. The molecule has 1 saturated heterocycles. The molecule has 1 aromatic rings. The molecule has 2 rings (SSSR count). The summed E-state index contributed by atoms with van der Waals surface area (Å²) in [6.07, 6.45) is -4.31. The van der Waals surface area contributed by atoms with Crippen molar-refractivity contribution in [3.05, 3.63) is 34.9 Å². The molecule has 1 unspecified atom stereocenters. The monoisotopic (exact) mass is 416 g/mol. The van der Waals surface area contributed by atoms with Gasteiger partial charge in [-0.1, -0.05) is 6.07 Å². The molecular formula is C20H27F3N2O4. The highest BCUT2D eigenvalue weighted by atomic mass is 19.4. The number of carboxylic acids is 1. The van der Waals surface area contributed by atoms with Crippen molar-refractivity contribution in [3.63, 3.8) is 0 Å². The largest absolute Gasteiger partial charge is 0.478 e. The third kappa shape index (κ3) is 6.62. The Labute approximate surface area is 168 Å². The van der Waals surface area contributed by atoms with E-state index in [9.17, 15) is 22.8 Å². The molecule has 6 nitrogen and oxygen atoms in total. The van der Waals surface area contributed by atoms with Crippen molar-refractivity contribution in [2.24, 2.45) is 5.92 Å². The number of aromatic carboxylic acids is 1. The number of carboxylic acid groups (broad SMARTS) is 1. The Morgan fingerprint density at radius 2 is 1.93 bits per heavy atom. The summed E-state index contributed by atoms with van der Waals surface area (Å²) in [5.74, 6) is -1.27. The lowest BCUT2D eigenvalue weighted by molar-refractivity contribution is -0.138. The number of ether oxygens (including phenoxy) is 1. The minimum absolute atomic E-state index is 0.0450. The Morgan fingerprint density at radius 1 is 1.28 bits per heavy atom. The molecule has 0 aliphatic carbocycles. The molecule has 1 amide bonds. The third-order valence-electron chi connectivity index (χ3n) is 4.66. The van der Waals surface area contributed by atoms with Crippen LogP contribution in [0.2, 0.25) is 0 Å². The van der Waals surface area contributed by atoms with Crippen LogP contribution in [-0.2, 0) is 17.5 Å². The summed E-state index contributed by atoms with van der Waals surface area (Å²) in [6.45, 7) is 7.02. The van der Waals surface area contributed by atoms with Gasteiger partial charge in [0.05, 0.1) is 11.1 Å². The molecule has 162 valence electrons. The van der Waals surface area contributed by atoms with Gasteiger partial charge in [0, 0.05) is 26.7 Å². The lowest BCUT2D eigenvalue weighted by atomic mass is 10.0. The number of hydrogen-bond donors (Lipinski definition) is 1. The molecule has 0 saturated carbocycles. The SMILES string of the molecule is CN(CC1CCN(Cc2ccc(C(=O)O)cc2C(F)(F)F)C1)C(=O)OC(C)(C)C. The first-order chi connectivity index (χ1) is 13.3. The number of alkyl halides is 3. The summed E-state index contributed by atoms with van der Waals surface area (Å²) in [5.41, 5.74) is -1.86. The van der Waals surface area contributed by atoms with Gasteiger partial charge in [0.1, 0.15) is 5.60 Å². The maximum atomic E-state index is 13.4. The van der Waals surface area contributed by atoms with Crippen LogP contribution in [0.4, 0.5) is 18.0 Å². The number of likely N-dealkylation sites (tertiary alicyclic amines) is 1. The van der Waals surface area contributed by atoms with Crippen LogP contribution in [0, 0.1) is 5.92 Å². The molecule has 9 heteroatoms. The van der Waals surface area contributed by atoms with Gasteiger partial charge >= 0.3 is 18.2 Å². The molecule has 1 fully saturated rings. The van der Waals surface area contributed by atoms with Gasteiger partial charge in [-0.3, -0.25) is 4.90 Å². The molecular weight excluding hydrogens is 389 g/mol. The second-order valence-corrected chi connectivity index (χ2v) is 8.43. The zero-order chi connectivity index (χ0) is 22.0. The van der Waals surface area contributed by atoms with Crippen LogP contribution in [0.15, 0.2) is 18.2 Å². The lowest BCUT2D eigenvalue weighted by Gasteiger charge is -2.26. The van der Waals surface area contributed by atoms with Crippen LogP contribution in [-0.4, -0.2) is 59.3 Å².